The van der Waals surface area contributed by atoms with Crippen molar-refractivity contribution >= 4 is 17.2 Å². The zero-order valence-electron chi connectivity index (χ0n) is 17.7. The van der Waals surface area contributed by atoms with Crippen LogP contribution in [0.5, 0.6) is 5.75 Å². The van der Waals surface area contributed by atoms with Gasteiger partial charge in [0.1, 0.15) is 11.4 Å². The molecule has 0 aliphatic heterocycles. The minimum atomic E-state index is -0.206. The molecule has 0 aliphatic carbocycles. The van der Waals surface area contributed by atoms with Crippen LogP contribution in [0.2, 0.25) is 0 Å². The highest BCUT2D eigenvalue weighted by Crippen LogP contribution is 2.29. The number of fused-ring (bicyclic) bond motifs is 1. The normalized spacial score (nSPS) is 11.1. The first-order valence-corrected chi connectivity index (χ1v) is 9.97. The van der Waals surface area contributed by atoms with E-state index in [-0.39, 0.29) is 18.1 Å². The van der Waals surface area contributed by atoms with Crippen molar-refractivity contribution in [1.29, 1.82) is 0 Å². The number of carbonyl (C=O) groups is 1. The van der Waals surface area contributed by atoms with Crippen molar-refractivity contribution in [2.24, 2.45) is 0 Å². The summed E-state index contributed by atoms with van der Waals surface area (Å²) in [5, 5.41) is 13.0. The molecule has 30 heavy (non-hydrogen) atoms. The van der Waals surface area contributed by atoms with Crippen molar-refractivity contribution in [3.63, 3.8) is 0 Å². The van der Waals surface area contributed by atoms with Crippen LogP contribution >= 0.6 is 0 Å². The van der Waals surface area contributed by atoms with E-state index in [1.54, 1.807) is 12.1 Å². The third kappa shape index (κ3) is 3.66. The first kappa shape index (κ1) is 19.7. The molecule has 0 bridgehead atoms. The number of aromatic nitrogens is 2. The minimum Gasteiger partial charge on any atom is -0.506 e. The lowest BCUT2D eigenvalue weighted by molar-refractivity contribution is -0.115. The predicted octanol–water partition coefficient (Wildman–Crippen LogP) is 5.12. The number of nitrogens with zero attached hydrogens (tertiary/aromatic N) is 2. The molecule has 0 unspecified atom stereocenters. The summed E-state index contributed by atoms with van der Waals surface area (Å²) in [6, 6.07) is 15.4. The largest absolute Gasteiger partial charge is 0.506 e. The number of rotatable bonds is 4. The molecule has 152 valence electrons. The Morgan fingerprint density at radius 3 is 2.53 bits per heavy atom. The number of aromatic hydroxyl groups is 1. The molecule has 5 heteroatoms. The van der Waals surface area contributed by atoms with Gasteiger partial charge >= 0.3 is 0 Å². The molecule has 2 heterocycles. The number of amides is 1. The predicted molar refractivity (Wildman–Crippen MR) is 120 cm³/mol. The number of aryl methyl sites for hydroxylation is 4. The lowest BCUT2D eigenvalue weighted by Crippen LogP contribution is -2.16. The average molecular weight is 399 g/mol. The summed E-state index contributed by atoms with van der Waals surface area (Å²) in [5.74, 6) is -0.144. The summed E-state index contributed by atoms with van der Waals surface area (Å²) in [4.78, 5) is 17.8. The Bertz CT molecular complexity index is 1270. The Morgan fingerprint density at radius 1 is 1.00 bits per heavy atom. The van der Waals surface area contributed by atoms with Gasteiger partial charge in [-0.3, -0.25) is 4.79 Å². The summed E-state index contributed by atoms with van der Waals surface area (Å²) in [5.41, 5.74) is 8.23. The zero-order chi connectivity index (χ0) is 21.4. The maximum Gasteiger partial charge on any atom is 0.230 e. The van der Waals surface area contributed by atoms with Crippen LogP contribution in [0.15, 0.2) is 54.7 Å². The molecule has 0 spiro atoms. The number of hydrogen-bond acceptors (Lipinski definition) is 3. The van der Waals surface area contributed by atoms with Gasteiger partial charge in [-0.25, -0.2) is 4.98 Å². The lowest BCUT2D eigenvalue weighted by Gasteiger charge is -2.10. The molecule has 0 aliphatic rings. The molecule has 2 N–H and O–H groups in total. The molecule has 4 rings (SSSR count). The Morgan fingerprint density at radius 2 is 1.80 bits per heavy atom. The fourth-order valence-electron chi connectivity index (χ4n) is 3.64. The van der Waals surface area contributed by atoms with E-state index in [0.29, 0.717) is 5.69 Å². The molecule has 0 saturated carbocycles. The van der Waals surface area contributed by atoms with E-state index in [9.17, 15) is 9.90 Å². The molecule has 4 aromatic rings. The lowest BCUT2D eigenvalue weighted by atomic mass is 10.0. The molecule has 1 amide bonds. The molecular weight excluding hydrogens is 374 g/mol. The van der Waals surface area contributed by atoms with Gasteiger partial charge in [0, 0.05) is 11.8 Å². The number of hydrogen-bond donors (Lipinski definition) is 2. The fraction of sp³-hybridized carbons (Fsp3) is 0.200. The van der Waals surface area contributed by atoms with Gasteiger partial charge in [0.25, 0.3) is 0 Å². The van der Waals surface area contributed by atoms with E-state index >= 15 is 0 Å². The molecule has 0 fully saturated rings. The number of phenols is 1. The van der Waals surface area contributed by atoms with Gasteiger partial charge in [0.15, 0.2) is 0 Å². The number of carbonyl (C=O) groups excluding carboxylic acids is 1. The van der Waals surface area contributed by atoms with Crippen molar-refractivity contribution in [2.75, 3.05) is 5.32 Å². The molecule has 5 nitrogen and oxygen atoms in total. The Kier molecular flexibility index (Phi) is 5.04. The van der Waals surface area contributed by atoms with Crippen molar-refractivity contribution in [3.8, 4) is 17.0 Å². The minimum absolute atomic E-state index is 0.0618. The first-order chi connectivity index (χ1) is 14.3. The highest BCUT2D eigenvalue weighted by Gasteiger charge is 2.19. The first-order valence-electron chi connectivity index (χ1n) is 9.97. The second-order valence-corrected chi connectivity index (χ2v) is 7.84. The van der Waals surface area contributed by atoms with Gasteiger partial charge in [-0.05, 0) is 74.2 Å². The van der Waals surface area contributed by atoms with E-state index in [1.165, 1.54) is 11.1 Å². The van der Waals surface area contributed by atoms with Crippen molar-refractivity contribution in [3.05, 3.63) is 82.7 Å². The molecule has 2 aromatic heterocycles. The van der Waals surface area contributed by atoms with Crippen molar-refractivity contribution in [2.45, 2.75) is 34.1 Å². The third-order valence-electron chi connectivity index (χ3n) is 5.48. The van der Waals surface area contributed by atoms with E-state index in [1.807, 2.05) is 48.7 Å². The number of pyridine rings is 1. The van der Waals surface area contributed by atoms with Gasteiger partial charge in [0.05, 0.1) is 23.5 Å². The Hall–Kier alpha value is -3.60. The average Bonchev–Trinajstić information content (AvgIpc) is 3.06. The van der Waals surface area contributed by atoms with E-state index in [2.05, 4.69) is 31.3 Å². The van der Waals surface area contributed by atoms with Crippen LogP contribution in [0.4, 0.5) is 5.69 Å². The summed E-state index contributed by atoms with van der Waals surface area (Å²) >= 11 is 0. The van der Waals surface area contributed by atoms with E-state index < -0.39 is 0 Å². The number of imidazole rings is 1. The van der Waals surface area contributed by atoms with Gasteiger partial charge in [-0.2, -0.15) is 0 Å². The van der Waals surface area contributed by atoms with Crippen molar-refractivity contribution < 1.29 is 9.90 Å². The molecule has 0 saturated heterocycles. The Labute approximate surface area is 176 Å². The van der Waals surface area contributed by atoms with Gasteiger partial charge < -0.3 is 14.8 Å². The van der Waals surface area contributed by atoms with Crippen LogP contribution in [0, 0.1) is 27.7 Å². The smallest absolute Gasteiger partial charge is 0.230 e. The monoisotopic (exact) mass is 399 g/mol. The van der Waals surface area contributed by atoms with Crippen LogP contribution in [0.3, 0.4) is 0 Å². The molecule has 2 aromatic carbocycles. The second kappa shape index (κ2) is 7.67. The second-order valence-electron chi connectivity index (χ2n) is 7.84. The quantitative estimate of drug-likeness (QED) is 0.468. The van der Waals surface area contributed by atoms with E-state index in [4.69, 9.17) is 4.98 Å². The van der Waals surface area contributed by atoms with Crippen LogP contribution < -0.4 is 5.32 Å². The van der Waals surface area contributed by atoms with Crippen LogP contribution in [-0.2, 0) is 11.2 Å². The standard InChI is InChI=1S/C25H25N3O2/c1-15-7-10-20(22(29)12-15)26-23(30)14-21-24(19-9-8-16(2)18(4)13-19)27-25-17(3)6-5-11-28(21)25/h5-13,29H,14H2,1-4H3,(H,26,30). The summed E-state index contributed by atoms with van der Waals surface area (Å²) in [7, 11) is 0. The Balaban J connectivity index is 1.76. The fourth-order valence-corrected chi connectivity index (χ4v) is 3.64. The maximum atomic E-state index is 12.9. The number of phenolic OH excluding ortho intramolecular Hbond substituents is 1. The summed E-state index contributed by atoms with van der Waals surface area (Å²) < 4.78 is 1.98. The SMILES string of the molecule is Cc1ccc(NC(=O)Cc2c(-c3ccc(C)c(C)c3)nc3c(C)cccn23)c(O)c1. The summed E-state index contributed by atoms with van der Waals surface area (Å²) in [6.45, 7) is 8.06. The number of nitrogens with one attached hydrogen (secondary N) is 1. The number of benzene rings is 2. The van der Waals surface area contributed by atoms with Gasteiger partial charge in [0.2, 0.25) is 5.91 Å². The van der Waals surface area contributed by atoms with E-state index in [0.717, 1.165) is 33.7 Å². The maximum absolute atomic E-state index is 12.9. The van der Waals surface area contributed by atoms with Crippen LogP contribution in [0.25, 0.3) is 16.9 Å². The van der Waals surface area contributed by atoms with Gasteiger partial charge in [-0.15, -0.1) is 0 Å². The van der Waals surface area contributed by atoms with Crippen molar-refractivity contribution in [1.82, 2.24) is 9.38 Å². The molecule has 0 radical (unpaired) electrons. The van der Waals surface area contributed by atoms with Crippen LogP contribution in [0.1, 0.15) is 27.9 Å². The van der Waals surface area contributed by atoms with Crippen LogP contribution in [-0.4, -0.2) is 20.4 Å². The summed E-state index contributed by atoms with van der Waals surface area (Å²) in [6.07, 6.45) is 2.08. The third-order valence-corrected chi connectivity index (χ3v) is 5.48. The zero-order valence-corrected chi connectivity index (χ0v) is 17.7. The number of anilines is 1. The molecule has 0 atom stereocenters. The van der Waals surface area contributed by atoms with Gasteiger partial charge in [-0.1, -0.05) is 24.3 Å². The topological polar surface area (TPSA) is 66.6 Å². The highest BCUT2D eigenvalue weighted by atomic mass is 16.3. The molecular formula is C25H25N3O2. The highest BCUT2D eigenvalue weighted by molar-refractivity contribution is 5.94.